The molecule has 0 spiro atoms. The van der Waals surface area contributed by atoms with Crippen molar-refractivity contribution in [3.05, 3.63) is 56.4 Å². The van der Waals surface area contributed by atoms with Crippen LogP contribution in [-0.4, -0.2) is 5.78 Å². The van der Waals surface area contributed by atoms with Crippen LogP contribution in [0.3, 0.4) is 0 Å². The van der Waals surface area contributed by atoms with Crippen LogP contribution < -0.4 is 5.32 Å². The third kappa shape index (κ3) is 3.20. The Labute approximate surface area is 133 Å². The minimum absolute atomic E-state index is 0.232. The number of anilines is 2. The molecule has 2 aromatic rings. The zero-order valence-electron chi connectivity index (χ0n) is 11.2. The van der Waals surface area contributed by atoms with Crippen molar-refractivity contribution in [3.8, 4) is 0 Å². The van der Waals surface area contributed by atoms with Gasteiger partial charge in [0, 0.05) is 14.8 Å². The summed E-state index contributed by atoms with van der Waals surface area (Å²) in [7, 11) is 0. The van der Waals surface area contributed by atoms with Gasteiger partial charge in [-0.25, -0.2) is 13.2 Å². The number of carbonyl (C=O) groups is 1. The highest BCUT2D eigenvalue weighted by atomic mass is 127. The van der Waals surface area contributed by atoms with Crippen LogP contribution in [-0.2, 0) is 0 Å². The number of ketones is 1. The topological polar surface area (TPSA) is 29.1 Å². The smallest absolute Gasteiger partial charge is 0.196 e. The van der Waals surface area contributed by atoms with Gasteiger partial charge >= 0.3 is 0 Å². The summed E-state index contributed by atoms with van der Waals surface area (Å²) >= 11 is 2.12. The van der Waals surface area contributed by atoms with Crippen LogP contribution in [0.1, 0.15) is 22.8 Å². The second kappa shape index (κ2) is 6.05. The predicted molar refractivity (Wildman–Crippen MR) is 83.5 cm³/mol. The zero-order valence-corrected chi connectivity index (χ0v) is 13.4. The number of hydrogen-bond donors (Lipinski definition) is 1. The van der Waals surface area contributed by atoms with E-state index in [-0.39, 0.29) is 11.3 Å². The molecule has 110 valence electrons. The summed E-state index contributed by atoms with van der Waals surface area (Å²) in [6.07, 6.45) is 0. The van der Waals surface area contributed by atoms with Gasteiger partial charge in [0.1, 0.15) is 0 Å². The monoisotopic (exact) mass is 405 g/mol. The van der Waals surface area contributed by atoms with Crippen molar-refractivity contribution in [1.82, 2.24) is 0 Å². The molecular weight excluding hydrogens is 394 g/mol. The van der Waals surface area contributed by atoms with Crippen LogP contribution in [0, 0.1) is 27.9 Å². The number of hydrogen-bond acceptors (Lipinski definition) is 2. The van der Waals surface area contributed by atoms with E-state index in [4.69, 9.17) is 0 Å². The predicted octanol–water partition coefficient (Wildman–Crippen LogP) is 4.96. The Morgan fingerprint density at radius 1 is 1.14 bits per heavy atom. The third-order valence-corrected chi connectivity index (χ3v) is 3.66. The van der Waals surface area contributed by atoms with E-state index in [1.54, 1.807) is 19.1 Å². The number of carbonyl (C=O) groups excluding carboxylic acids is 1. The van der Waals surface area contributed by atoms with E-state index < -0.39 is 23.2 Å². The summed E-state index contributed by atoms with van der Waals surface area (Å²) in [5.41, 5.74) is 0.721. The van der Waals surface area contributed by atoms with Gasteiger partial charge in [0.15, 0.2) is 23.2 Å². The summed E-state index contributed by atoms with van der Waals surface area (Å²) in [6, 6.07) is 6.00. The van der Waals surface area contributed by atoms with Crippen molar-refractivity contribution >= 4 is 39.7 Å². The molecule has 0 aliphatic carbocycles. The average molecular weight is 405 g/mol. The van der Waals surface area contributed by atoms with Gasteiger partial charge in [0.25, 0.3) is 0 Å². The fourth-order valence-corrected chi connectivity index (χ4v) is 2.54. The van der Waals surface area contributed by atoms with Crippen molar-refractivity contribution in [3.63, 3.8) is 0 Å². The molecule has 0 aromatic heterocycles. The molecule has 6 heteroatoms. The van der Waals surface area contributed by atoms with Crippen LogP contribution in [0.25, 0.3) is 0 Å². The highest BCUT2D eigenvalue weighted by molar-refractivity contribution is 14.1. The van der Waals surface area contributed by atoms with Crippen LogP contribution in [0.4, 0.5) is 24.5 Å². The van der Waals surface area contributed by atoms with E-state index in [9.17, 15) is 18.0 Å². The third-order valence-electron chi connectivity index (χ3n) is 2.99. The first-order valence-corrected chi connectivity index (χ1v) is 7.10. The molecule has 0 fully saturated rings. The van der Waals surface area contributed by atoms with Crippen molar-refractivity contribution in [1.29, 1.82) is 0 Å². The largest absolute Gasteiger partial charge is 0.352 e. The van der Waals surface area contributed by atoms with Crippen molar-refractivity contribution < 1.29 is 18.0 Å². The highest BCUT2D eigenvalue weighted by Crippen LogP contribution is 2.30. The first-order valence-electron chi connectivity index (χ1n) is 6.03. The van der Waals surface area contributed by atoms with Crippen molar-refractivity contribution in [2.24, 2.45) is 0 Å². The molecule has 0 aliphatic heterocycles. The number of nitrogens with one attached hydrogen (secondary N) is 1. The lowest BCUT2D eigenvalue weighted by molar-refractivity contribution is 0.101. The molecule has 1 N–H and O–H groups in total. The number of halogens is 4. The number of rotatable bonds is 3. The Morgan fingerprint density at radius 2 is 1.81 bits per heavy atom. The fourth-order valence-electron chi connectivity index (χ4n) is 1.90. The summed E-state index contributed by atoms with van der Waals surface area (Å²) in [4.78, 5) is 11.5. The lowest BCUT2D eigenvalue weighted by Gasteiger charge is -2.14. The molecule has 2 nitrogen and oxygen atoms in total. The molecule has 0 atom stereocenters. The van der Waals surface area contributed by atoms with Gasteiger partial charge in [-0.15, -0.1) is 0 Å². The molecular formula is C15H11F3INO. The van der Waals surface area contributed by atoms with Gasteiger partial charge in [0.05, 0.1) is 5.69 Å². The standard InChI is InChI=1S/C15H11F3INO/c1-7-5-9(19)3-4-12(7)20-15-10(8(2)21)6-11(16)13(17)14(15)18/h3-6,20H,1-2H3. The summed E-state index contributed by atoms with van der Waals surface area (Å²) in [6.45, 7) is 2.95. The molecule has 0 radical (unpaired) electrons. The van der Waals surface area contributed by atoms with Crippen LogP contribution in [0.2, 0.25) is 0 Å². The molecule has 0 heterocycles. The molecule has 0 saturated heterocycles. The first-order chi connectivity index (χ1) is 9.81. The van der Waals surface area contributed by atoms with Crippen LogP contribution in [0.15, 0.2) is 24.3 Å². The van der Waals surface area contributed by atoms with E-state index in [2.05, 4.69) is 27.9 Å². The van der Waals surface area contributed by atoms with E-state index in [1.165, 1.54) is 0 Å². The van der Waals surface area contributed by atoms with Gasteiger partial charge in [-0.1, -0.05) is 0 Å². The zero-order chi connectivity index (χ0) is 15.7. The molecule has 0 unspecified atom stereocenters. The summed E-state index contributed by atoms with van der Waals surface area (Å²) in [5.74, 6) is -4.95. The van der Waals surface area contributed by atoms with E-state index in [1.807, 2.05) is 6.07 Å². The fraction of sp³-hybridized carbons (Fsp3) is 0.133. The van der Waals surface area contributed by atoms with E-state index >= 15 is 0 Å². The van der Waals surface area contributed by atoms with Gasteiger partial charge in [0.2, 0.25) is 0 Å². The van der Waals surface area contributed by atoms with Crippen molar-refractivity contribution in [2.45, 2.75) is 13.8 Å². The maximum Gasteiger partial charge on any atom is 0.196 e. The molecule has 2 aromatic carbocycles. The van der Waals surface area contributed by atoms with E-state index in [0.717, 1.165) is 16.1 Å². The summed E-state index contributed by atoms with van der Waals surface area (Å²) in [5, 5.41) is 2.68. The molecule has 0 saturated carbocycles. The molecule has 0 amide bonds. The Morgan fingerprint density at radius 3 is 2.38 bits per heavy atom. The Balaban J connectivity index is 2.57. The minimum Gasteiger partial charge on any atom is -0.352 e. The minimum atomic E-state index is -1.61. The highest BCUT2D eigenvalue weighted by Gasteiger charge is 2.21. The molecule has 0 aliphatic rings. The lowest BCUT2D eigenvalue weighted by Crippen LogP contribution is -2.08. The van der Waals surface area contributed by atoms with Crippen LogP contribution >= 0.6 is 22.6 Å². The van der Waals surface area contributed by atoms with Gasteiger partial charge < -0.3 is 5.32 Å². The molecule has 0 bridgehead atoms. The molecule has 21 heavy (non-hydrogen) atoms. The maximum atomic E-state index is 13.9. The van der Waals surface area contributed by atoms with Gasteiger partial charge in [-0.05, 0) is 66.3 Å². The SMILES string of the molecule is CC(=O)c1cc(F)c(F)c(F)c1Nc1ccc(I)cc1C. The number of benzene rings is 2. The van der Waals surface area contributed by atoms with Crippen LogP contribution in [0.5, 0.6) is 0 Å². The quantitative estimate of drug-likeness (QED) is 0.444. The maximum absolute atomic E-state index is 13.9. The summed E-state index contributed by atoms with van der Waals surface area (Å²) < 4.78 is 41.6. The Bertz CT molecular complexity index is 731. The first kappa shape index (κ1) is 15.8. The number of aryl methyl sites for hydroxylation is 1. The normalized spacial score (nSPS) is 10.6. The Kier molecular flexibility index (Phi) is 4.55. The van der Waals surface area contributed by atoms with Gasteiger partial charge in [-0.2, -0.15) is 0 Å². The lowest BCUT2D eigenvalue weighted by atomic mass is 10.1. The second-order valence-electron chi connectivity index (χ2n) is 4.55. The Hall–Kier alpha value is -1.57. The van der Waals surface area contributed by atoms with Crippen molar-refractivity contribution in [2.75, 3.05) is 5.32 Å². The number of Topliss-reactive ketones (excluding diaryl/α,β-unsaturated/α-hetero) is 1. The molecule has 2 rings (SSSR count). The average Bonchev–Trinajstić information content (AvgIpc) is 2.41. The van der Waals surface area contributed by atoms with Gasteiger partial charge in [-0.3, -0.25) is 4.79 Å². The second-order valence-corrected chi connectivity index (χ2v) is 5.79. The van der Waals surface area contributed by atoms with E-state index in [0.29, 0.717) is 11.8 Å².